The predicted molar refractivity (Wildman–Crippen MR) is 120 cm³/mol. The lowest BCUT2D eigenvalue weighted by molar-refractivity contribution is -0.126. The lowest BCUT2D eigenvalue weighted by Gasteiger charge is -2.37. The molecule has 1 aliphatic heterocycles. The average molecular weight is 435 g/mol. The third-order valence-corrected chi connectivity index (χ3v) is 5.80. The minimum atomic E-state index is -0.393. The number of carbonyl (C=O) groups excluding carboxylic acids is 2. The van der Waals surface area contributed by atoms with E-state index in [2.05, 4.69) is 10.6 Å². The molecule has 1 fully saturated rings. The zero-order chi connectivity index (χ0) is 22.5. The van der Waals surface area contributed by atoms with Crippen molar-refractivity contribution in [1.82, 2.24) is 10.2 Å². The van der Waals surface area contributed by atoms with Crippen LogP contribution in [-0.4, -0.2) is 29.9 Å². The SMILES string of the molecule is Cc1cc(C2CC(C(=O)NCc3ccco3)CN(C(=O)Nc3ccccc3)C2)ccc1F. The number of benzene rings is 2. The van der Waals surface area contributed by atoms with Gasteiger partial charge in [-0.3, -0.25) is 4.79 Å². The highest BCUT2D eigenvalue weighted by molar-refractivity contribution is 5.90. The fourth-order valence-corrected chi connectivity index (χ4v) is 4.07. The molecular weight excluding hydrogens is 409 g/mol. The molecule has 0 bridgehead atoms. The fourth-order valence-electron chi connectivity index (χ4n) is 4.07. The van der Waals surface area contributed by atoms with Gasteiger partial charge in [-0.25, -0.2) is 9.18 Å². The molecule has 7 heteroatoms. The second kappa shape index (κ2) is 9.68. The summed E-state index contributed by atoms with van der Waals surface area (Å²) in [6.07, 6.45) is 2.13. The molecule has 4 rings (SSSR count). The van der Waals surface area contributed by atoms with E-state index in [9.17, 15) is 14.0 Å². The number of aryl methyl sites for hydroxylation is 1. The molecule has 3 amide bonds. The molecule has 1 saturated heterocycles. The predicted octanol–water partition coefficient (Wildman–Crippen LogP) is 4.68. The van der Waals surface area contributed by atoms with E-state index in [1.54, 1.807) is 42.4 Å². The van der Waals surface area contributed by atoms with Crippen LogP contribution in [0.15, 0.2) is 71.3 Å². The van der Waals surface area contributed by atoms with E-state index >= 15 is 0 Å². The largest absolute Gasteiger partial charge is 0.467 e. The first kappa shape index (κ1) is 21.6. The second-order valence-corrected chi connectivity index (χ2v) is 8.14. The van der Waals surface area contributed by atoms with Crippen molar-refractivity contribution < 1.29 is 18.4 Å². The molecule has 32 heavy (non-hydrogen) atoms. The number of likely N-dealkylation sites (tertiary alicyclic amines) is 1. The standard InChI is InChI=1S/C25H26FN3O3/c1-17-12-18(9-10-23(17)26)19-13-20(24(30)27-14-22-8-5-11-32-22)16-29(15-19)25(31)28-21-6-3-2-4-7-21/h2-12,19-20H,13-16H2,1H3,(H,27,30)(H,28,31). The lowest BCUT2D eigenvalue weighted by atomic mass is 9.83. The molecule has 0 spiro atoms. The number of piperidine rings is 1. The summed E-state index contributed by atoms with van der Waals surface area (Å²) in [6, 6.07) is 17.5. The highest BCUT2D eigenvalue weighted by Gasteiger charge is 2.34. The van der Waals surface area contributed by atoms with Crippen molar-refractivity contribution in [1.29, 1.82) is 0 Å². The van der Waals surface area contributed by atoms with Gasteiger partial charge in [-0.15, -0.1) is 0 Å². The van der Waals surface area contributed by atoms with Crippen molar-refractivity contribution in [2.75, 3.05) is 18.4 Å². The van der Waals surface area contributed by atoms with Crippen LogP contribution in [0.25, 0.3) is 0 Å². The van der Waals surface area contributed by atoms with Gasteiger partial charge in [0.1, 0.15) is 11.6 Å². The molecule has 3 aromatic rings. The summed E-state index contributed by atoms with van der Waals surface area (Å²) in [6.45, 7) is 2.76. The summed E-state index contributed by atoms with van der Waals surface area (Å²) in [5.74, 6) is -0.212. The van der Waals surface area contributed by atoms with E-state index in [1.165, 1.54) is 6.07 Å². The zero-order valence-corrected chi connectivity index (χ0v) is 17.9. The van der Waals surface area contributed by atoms with Crippen molar-refractivity contribution in [2.45, 2.75) is 25.8 Å². The van der Waals surface area contributed by atoms with Crippen LogP contribution in [0.5, 0.6) is 0 Å². The van der Waals surface area contributed by atoms with E-state index < -0.39 is 5.92 Å². The molecule has 2 unspecified atom stereocenters. The zero-order valence-electron chi connectivity index (χ0n) is 17.9. The highest BCUT2D eigenvalue weighted by Crippen LogP contribution is 2.32. The number of hydrogen-bond donors (Lipinski definition) is 2. The van der Waals surface area contributed by atoms with Crippen molar-refractivity contribution in [2.24, 2.45) is 5.92 Å². The first-order valence-electron chi connectivity index (χ1n) is 10.7. The van der Waals surface area contributed by atoms with Gasteiger partial charge in [-0.05, 0) is 54.8 Å². The van der Waals surface area contributed by atoms with Gasteiger partial charge in [-0.2, -0.15) is 0 Å². The van der Waals surface area contributed by atoms with Gasteiger partial charge in [0, 0.05) is 24.7 Å². The summed E-state index contributed by atoms with van der Waals surface area (Å²) < 4.78 is 19.1. The van der Waals surface area contributed by atoms with Crippen LogP contribution in [0, 0.1) is 18.7 Å². The number of hydrogen-bond acceptors (Lipinski definition) is 3. The Labute approximate surface area is 186 Å². The normalized spacial score (nSPS) is 18.2. The molecule has 0 radical (unpaired) electrons. The van der Waals surface area contributed by atoms with Crippen LogP contribution in [0.4, 0.5) is 14.9 Å². The minimum Gasteiger partial charge on any atom is -0.467 e. The molecule has 2 heterocycles. The molecule has 1 aromatic heterocycles. The maximum absolute atomic E-state index is 13.8. The Morgan fingerprint density at radius 3 is 2.62 bits per heavy atom. The first-order chi connectivity index (χ1) is 15.5. The quantitative estimate of drug-likeness (QED) is 0.611. The third kappa shape index (κ3) is 5.17. The summed E-state index contributed by atoms with van der Waals surface area (Å²) in [5, 5.41) is 5.80. The molecule has 1 aliphatic rings. The van der Waals surface area contributed by atoms with E-state index in [0.717, 1.165) is 5.56 Å². The van der Waals surface area contributed by atoms with Gasteiger partial charge in [0.25, 0.3) is 0 Å². The highest BCUT2D eigenvalue weighted by atomic mass is 19.1. The van der Waals surface area contributed by atoms with Crippen molar-refractivity contribution in [3.8, 4) is 0 Å². The molecule has 0 aliphatic carbocycles. The van der Waals surface area contributed by atoms with Gasteiger partial charge in [-0.1, -0.05) is 30.3 Å². The lowest BCUT2D eigenvalue weighted by Crippen LogP contribution is -2.49. The van der Waals surface area contributed by atoms with E-state index in [0.29, 0.717) is 43.1 Å². The number of carbonyl (C=O) groups is 2. The van der Waals surface area contributed by atoms with Crippen LogP contribution < -0.4 is 10.6 Å². The molecule has 2 N–H and O–H groups in total. The van der Waals surface area contributed by atoms with Gasteiger partial charge >= 0.3 is 6.03 Å². The van der Waals surface area contributed by atoms with Crippen LogP contribution in [0.2, 0.25) is 0 Å². The minimum absolute atomic E-state index is 0.0797. The van der Waals surface area contributed by atoms with Gasteiger partial charge in [0.2, 0.25) is 5.91 Å². The number of nitrogens with zero attached hydrogens (tertiary/aromatic N) is 1. The third-order valence-electron chi connectivity index (χ3n) is 5.80. The summed E-state index contributed by atoms with van der Waals surface area (Å²) >= 11 is 0. The van der Waals surface area contributed by atoms with Gasteiger partial charge in [0.05, 0.1) is 18.7 Å². The molecule has 0 saturated carbocycles. The second-order valence-electron chi connectivity index (χ2n) is 8.14. The first-order valence-corrected chi connectivity index (χ1v) is 10.7. The monoisotopic (exact) mass is 435 g/mol. The topological polar surface area (TPSA) is 74.6 Å². The number of nitrogens with one attached hydrogen (secondary N) is 2. The maximum atomic E-state index is 13.8. The van der Waals surface area contributed by atoms with Crippen LogP contribution in [-0.2, 0) is 11.3 Å². The van der Waals surface area contributed by atoms with E-state index in [-0.39, 0.29) is 23.7 Å². The summed E-state index contributed by atoms with van der Waals surface area (Å²) in [4.78, 5) is 27.6. The Bertz CT molecular complexity index is 1070. The van der Waals surface area contributed by atoms with Gasteiger partial charge in [0.15, 0.2) is 0 Å². The Kier molecular flexibility index (Phi) is 6.54. The summed E-state index contributed by atoms with van der Waals surface area (Å²) in [5.41, 5.74) is 2.16. The van der Waals surface area contributed by atoms with Gasteiger partial charge < -0.3 is 20.0 Å². The number of amides is 3. The maximum Gasteiger partial charge on any atom is 0.321 e. The summed E-state index contributed by atoms with van der Waals surface area (Å²) in [7, 11) is 0. The Morgan fingerprint density at radius 2 is 1.91 bits per heavy atom. The molecule has 6 nitrogen and oxygen atoms in total. The van der Waals surface area contributed by atoms with Crippen molar-refractivity contribution >= 4 is 17.6 Å². The van der Waals surface area contributed by atoms with Crippen LogP contribution >= 0.6 is 0 Å². The molecule has 2 aromatic carbocycles. The molecular formula is C25H26FN3O3. The van der Waals surface area contributed by atoms with Crippen molar-refractivity contribution in [3.63, 3.8) is 0 Å². The number of urea groups is 1. The number of halogens is 1. The number of rotatable bonds is 5. The Balaban J connectivity index is 1.51. The molecule has 166 valence electrons. The van der Waals surface area contributed by atoms with E-state index in [4.69, 9.17) is 4.42 Å². The smallest absolute Gasteiger partial charge is 0.321 e. The van der Waals surface area contributed by atoms with E-state index in [1.807, 2.05) is 30.3 Å². The van der Waals surface area contributed by atoms with Crippen LogP contribution in [0.1, 0.15) is 29.2 Å². The Morgan fingerprint density at radius 1 is 1.09 bits per heavy atom. The van der Waals surface area contributed by atoms with Crippen LogP contribution in [0.3, 0.4) is 0 Å². The molecule has 2 atom stereocenters. The average Bonchev–Trinajstić information content (AvgIpc) is 3.33. The van der Waals surface area contributed by atoms with Crippen molar-refractivity contribution in [3.05, 3.63) is 89.6 Å². The number of furan rings is 1. The fraction of sp³-hybridized carbons (Fsp3) is 0.280. The number of para-hydroxylation sites is 1. The Hall–Kier alpha value is -3.61. The number of anilines is 1.